The molecule has 108 valence electrons. The molecular weight excluding hydrogens is 303 g/mol. The third kappa shape index (κ3) is 3.52. The van der Waals surface area contributed by atoms with Gasteiger partial charge >= 0.3 is 6.03 Å². The number of anilines is 1. The Morgan fingerprint density at radius 3 is 2.85 bits per heavy atom. The SMILES string of the molecule is C[C@H]1CCNC(=O)[C@@H]1NC(=O)Nc1cc(Cl)c(Cl)cn1. The van der Waals surface area contributed by atoms with E-state index in [1.165, 1.54) is 12.3 Å². The van der Waals surface area contributed by atoms with Gasteiger partial charge in [0.1, 0.15) is 11.9 Å². The van der Waals surface area contributed by atoms with Crippen molar-refractivity contribution in [3.05, 3.63) is 22.3 Å². The molecule has 1 aromatic rings. The Hall–Kier alpha value is -1.53. The molecule has 1 saturated heterocycles. The molecule has 3 amide bonds. The van der Waals surface area contributed by atoms with Crippen molar-refractivity contribution in [1.29, 1.82) is 0 Å². The molecule has 0 unspecified atom stereocenters. The molecule has 0 spiro atoms. The highest BCUT2D eigenvalue weighted by atomic mass is 35.5. The number of hydrogen-bond donors (Lipinski definition) is 3. The van der Waals surface area contributed by atoms with E-state index in [1.807, 2.05) is 6.92 Å². The predicted octanol–water partition coefficient (Wildman–Crippen LogP) is 2.03. The van der Waals surface area contributed by atoms with Gasteiger partial charge in [-0.1, -0.05) is 30.1 Å². The van der Waals surface area contributed by atoms with Gasteiger partial charge in [-0.25, -0.2) is 9.78 Å². The molecule has 6 nitrogen and oxygen atoms in total. The van der Waals surface area contributed by atoms with Gasteiger partial charge in [0.05, 0.1) is 10.0 Å². The van der Waals surface area contributed by atoms with Crippen molar-refractivity contribution in [1.82, 2.24) is 15.6 Å². The summed E-state index contributed by atoms with van der Waals surface area (Å²) in [5.41, 5.74) is 0. The third-order valence-electron chi connectivity index (χ3n) is 3.09. The maximum Gasteiger partial charge on any atom is 0.321 e. The van der Waals surface area contributed by atoms with Crippen molar-refractivity contribution >= 4 is 41.0 Å². The molecule has 0 aromatic carbocycles. The third-order valence-corrected chi connectivity index (χ3v) is 3.80. The number of nitrogens with zero attached hydrogens (tertiary/aromatic N) is 1. The van der Waals surface area contributed by atoms with E-state index < -0.39 is 12.1 Å². The number of hydrogen-bond acceptors (Lipinski definition) is 3. The summed E-state index contributed by atoms with van der Waals surface area (Å²) in [6.07, 6.45) is 2.16. The van der Waals surface area contributed by atoms with Crippen molar-refractivity contribution in [3.63, 3.8) is 0 Å². The van der Waals surface area contributed by atoms with E-state index >= 15 is 0 Å². The van der Waals surface area contributed by atoms with Crippen molar-refractivity contribution in [2.24, 2.45) is 5.92 Å². The molecule has 1 aliphatic rings. The van der Waals surface area contributed by atoms with Crippen LogP contribution in [0.3, 0.4) is 0 Å². The van der Waals surface area contributed by atoms with Crippen LogP contribution in [0.2, 0.25) is 10.0 Å². The highest BCUT2D eigenvalue weighted by molar-refractivity contribution is 6.42. The fourth-order valence-corrected chi connectivity index (χ4v) is 2.20. The Morgan fingerprint density at radius 1 is 1.45 bits per heavy atom. The molecule has 0 saturated carbocycles. The minimum Gasteiger partial charge on any atom is -0.354 e. The Labute approximate surface area is 126 Å². The Kier molecular flexibility index (Phi) is 4.67. The summed E-state index contributed by atoms with van der Waals surface area (Å²) < 4.78 is 0. The second-order valence-electron chi connectivity index (χ2n) is 4.62. The zero-order valence-corrected chi connectivity index (χ0v) is 12.3. The largest absolute Gasteiger partial charge is 0.354 e. The van der Waals surface area contributed by atoms with Crippen LogP contribution in [0.25, 0.3) is 0 Å². The molecule has 8 heteroatoms. The summed E-state index contributed by atoms with van der Waals surface area (Å²) >= 11 is 11.6. The van der Waals surface area contributed by atoms with E-state index in [-0.39, 0.29) is 17.6 Å². The molecule has 0 radical (unpaired) electrons. The van der Waals surface area contributed by atoms with Crippen LogP contribution in [0, 0.1) is 5.92 Å². The minimum atomic E-state index is -0.550. The zero-order chi connectivity index (χ0) is 14.7. The molecule has 1 fully saturated rings. The highest BCUT2D eigenvalue weighted by Gasteiger charge is 2.30. The number of carbonyl (C=O) groups excluding carboxylic acids is 2. The van der Waals surface area contributed by atoms with Crippen LogP contribution in [0.1, 0.15) is 13.3 Å². The number of aromatic nitrogens is 1. The smallest absolute Gasteiger partial charge is 0.321 e. The van der Waals surface area contributed by atoms with Gasteiger partial charge < -0.3 is 10.6 Å². The Bertz CT molecular complexity index is 538. The Balaban J connectivity index is 1.98. The molecule has 2 atom stereocenters. The molecule has 1 aliphatic heterocycles. The maximum absolute atomic E-state index is 11.8. The Morgan fingerprint density at radius 2 is 2.20 bits per heavy atom. The van der Waals surface area contributed by atoms with Crippen LogP contribution in [0.15, 0.2) is 12.3 Å². The van der Waals surface area contributed by atoms with Gasteiger partial charge in [0.25, 0.3) is 0 Å². The first-order valence-electron chi connectivity index (χ1n) is 6.13. The fourth-order valence-electron chi connectivity index (χ4n) is 1.94. The second kappa shape index (κ2) is 6.28. The number of nitrogens with one attached hydrogen (secondary N) is 3. The zero-order valence-electron chi connectivity index (χ0n) is 10.7. The summed E-state index contributed by atoms with van der Waals surface area (Å²) in [6, 6.07) is 0.379. The summed E-state index contributed by atoms with van der Waals surface area (Å²) in [4.78, 5) is 27.5. The molecule has 2 heterocycles. The number of rotatable bonds is 2. The summed E-state index contributed by atoms with van der Waals surface area (Å²) in [5.74, 6) is 0.165. The van der Waals surface area contributed by atoms with Crippen LogP contribution in [0.5, 0.6) is 0 Å². The van der Waals surface area contributed by atoms with Crippen LogP contribution in [-0.4, -0.2) is 29.5 Å². The van der Waals surface area contributed by atoms with Crippen molar-refractivity contribution in [3.8, 4) is 0 Å². The van der Waals surface area contributed by atoms with Crippen LogP contribution < -0.4 is 16.0 Å². The summed E-state index contributed by atoms with van der Waals surface area (Å²) in [5, 5.41) is 8.45. The topological polar surface area (TPSA) is 83.1 Å². The molecule has 0 aliphatic carbocycles. The predicted molar refractivity (Wildman–Crippen MR) is 77.0 cm³/mol. The van der Waals surface area contributed by atoms with E-state index in [1.54, 1.807) is 0 Å². The average molecular weight is 317 g/mol. The number of pyridine rings is 1. The standard InChI is InChI=1S/C12H14Cl2N4O2/c1-6-2-3-15-11(19)10(6)18-12(20)17-9-4-7(13)8(14)5-16-9/h4-6,10H,2-3H2,1H3,(H,15,19)(H2,16,17,18,20)/t6-,10+/m0/s1. The molecular formula is C12H14Cl2N4O2. The molecule has 1 aromatic heterocycles. The number of piperidine rings is 1. The average Bonchev–Trinajstić information content (AvgIpc) is 2.38. The van der Waals surface area contributed by atoms with Gasteiger partial charge in [-0.05, 0) is 12.3 Å². The number of halogens is 2. The maximum atomic E-state index is 11.8. The van der Waals surface area contributed by atoms with E-state index in [0.29, 0.717) is 16.6 Å². The van der Waals surface area contributed by atoms with Gasteiger partial charge in [-0.15, -0.1) is 0 Å². The molecule has 20 heavy (non-hydrogen) atoms. The lowest BCUT2D eigenvalue weighted by atomic mass is 9.94. The molecule has 2 rings (SSSR count). The van der Waals surface area contributed by atoms with Gasteiger partial charge in [0.2, 0.25) is 5.91 Å². The van der Waals surface area contributed by atoms with E-state index in [2.05, 4.69) is 20.9 Å². The van der Waals surface area contributed by atoms with Gasteiger partial charge in [0, 0.05) is 18.8 Å². The highest BCUT2D eigenvalue weighted by Crippen LogP contribution is 2.22. The van der Waals surface area contributed by atoms with E-state index in [0.717, 1.165) is 6.42 Å². The molecule has 0 bridgehead atoms. The number of amides is 3. The first kappa shape index (κ1) is 14.9. The summed E-state index contributed by atoms with van der Waals surface area (Å²) in [6.45, 7) is 2.55. The van der Waals surface area contributed by atoms with Crippen LogP contribution >= 0.6 is 23.2 Å². The van der Waals surface area contributed by atoms with Gasteiger partial charge in [0.15, 0.2) is 0 Å². The second-order valence-corrected chi connectivity index (χ2v) is 5.43. The first-order valence-corrected chi connectivity index (χ1v) is 6.89. The number of carbonyl (C=O) groups is 2. The monoisotopic (exact) mass is 316 g/mol. The first-order chi connectivity index (χ1) is 9.47. The quantitative estimate of drug-likeness (QED) is 0.780. The van der Waals surface area contributed by atoms with Crippen LogP contribution in [-0.2, 0) is 4.79 Å². The van der Waals surface area contributed by atoms with Gasteiger partial charge in [-0.2, -0.15) is 0 Å². The van der Waals surface area contributed by atoms with E-state index in [4.69, 9.17) is 23.2 Å². The summed E-state index contributed by atoms with van der Waals surface area (Å²) in [7, 11) is 0. The van der Waals surface area contributed by atoms with Crippen molar-refractivity contribution in [2.75, 3.05) is 11.9 Å². The lowest BCUT2D eigenvalue weighted by molar-refractivity contribution is -0.125. The lowest BCUT2D eigenvalue weighted by Crippen LogP contribution is -2.55. The lowest BCUT2D eigenvalue weighted by Gasteiger charge is -2.28. The van der Waals surface area contributed by atoms with Crippen molar-refractivity contribution in [2.45, 2.75) is 19.4 Å². The van der Waals surface area contributed by atoms with E-state index in [9.17, 15) is 9.59 Å². The minimum absolute atomic E-state index is 0.0799. The van der Waals surface area contributed by atoms with Crippen LogP contribution in [0.4, 0.5) is 10.6 Å². The van der Waals surface area contributed by atoms with Gasteiger partial charge in [-0.3, -0.25) is 10.1 Å². The fraction of sp³-hybridized carbons (Fsp3) is 0.417. The van der Waals surface area contributed by atoms with Crippen molar-refractivity contribution < 1.29 is 9.59 Å². The molecule has 3 N–H and O–H groups in total. The normalized spacial score (nSPS) is 22.1. The number of urea groups is 1.